The van der Waals surface area contributed by atoms with Crippen molar-refractivity contribution in [2.45, 2.75) is 32.4 Å². The van der Waals surface area contributed by atoms with Crippen molar-refractivity contribution in [3.8, 4) is 0 Å². The fourth-order valence-corrected chi connectivity index (χ4v) is 3.27. The van der Waals surface area contributed by atoms with E-state index in [2.05, 4.69) is 5.32 Å². The summed E-state index contributed by atoms with van der Waals surface area (Å²) in [6.07, 6.45) is 0.0806. The van der Waals surface area contributed by atoms with Gasteiger partial charge in [0.1, 0.15) is 6.61 Å². The van der Waals surface area contributed by atoms with E-state index in [4.69, 9.17) is 9.47 Å². The van der Waals surface area contributed by atoms with Crippen LogP contribution in [0.4, 0.5) is 0 Å². The second-order valence-corrected chi connectivity index (χ2v) is 6.44. The number of hydrogen-bond donors (Lipinski definition) is 1. The third-order valence-electron chi connectivity index (χ3n) is 4.55. The highest BCUT2D eigenvalue weighted by Gasteiger charge is 2.30. The molecule has 1 heterocycles. The van der Waals surface area contributed by atoms with Gasteiger partial charge < -0.3 is 14.8 Å². The SMILES string of the molecule is CC(=O)NC(COC(=O)C1OCCc2c(C)cccc21)c1ccccc1. The van der Waals surface area contributed by atoms with Crippen LogP contribution in [0.25, 0.3) is 0 Å². The number of fused-ring (bicyclic) bond motifs is 1. The average Bonchev–Trinajstić information content (AvgIpc) is 2.65. The van der Waals surface area contributed by atoms with Crippen LogP contribution >= 0.6 is 0 Å². The number of carbonyl (C=O) groups is 2. The maximum Gasteiger partial charge on any atom is 0.340 e. The second kappa shape index (κ2) is 8.15. The minimum Gasteiger partial charge on any atom is -0.461 e. The molecule has 0 saturated heterocycles. The van der Waals surface area contributed by atoms with Gasteiger partial charge >= 0.3 is 5.97 Å². The topological polar surface area (TPSA) is 64.6 Å². The first kappa shape index (κ1) is 18.1. The van der Waals surface area contributed by atoms with E-state index in [1.54, 1.807) is 0 Å². The van der Waals surface area contributed by atoms with Crippen molar-refractivity contribution in [1.82, 2.24) is 5.32 Å². The monoisotopic (exact) mass is 353 g/mol. The lowest BCUT2D eigenvalue weighted by atomic mass is 9.93. The van der Waals surface area contributed by atoms with Gasteiger partial charge in [-0.15, -0.1) is 0 Å². The number of rotatable bonds is 5. The summed E-state index contributed by atoms with van der Waals surface area (Å²) in [6.45, 7) is 4.03. The number of amides is 1. The quantitative estimate of drug-likeness (QED) is 0.839. The van der Waals surface area contributed by atoms with Crippen LogP contribution in [0.3, 0.4) is 0 Å². The van der Waals surface area contributed by atoms with E-state index in [-0.39, 0.29) is 12.5 Å². The van der Waals surface area contributed by atoms with Crippen LogP contribution < -0.4 is 5.32 Å². The Morgan fingerprint density at radius 1 is 1.19 bits per heavy atom. The Morgan fingerprint density at radius 3 is 2.69 bits per heavy atom. The maximum atomic E-state index is 12.6. The first-order valence-electron chi connectivity index (χ1n) is 8.75. The Balaban J connectivity index is 1.72. The van der Waals surface area contributed by atoms with Crippen LogP contribution in [0.5, 0.6) is 0 Å². The van der Waals surface area contributed by atoms with E-state index >= 15 is 0 Å². The molecule has 0 aliphatic carbocycles. The van der Waals surface area contributed by atoms with Gasteiger partial charge in [-0.1, -0.05) is 48.5 Å². The van der Waals surface area contributed by atoms with Crippen molar-refractivity contribution in [2.75, 3.05) is 13.2 Å². The highest BCUT2D eigenvalue weighted by atomic mass is 16.6. The minimum atomic E-state index is -0.715. The third kappa shape index (κ3) is 4.11. The highest BCUT2D eigenvalue weighted by molar-refractivity contribution is 5.78. The fraction of sp³-hybridized carbons (Fsp3) is 0.333. The summed E-state index contributed by atoms with van der Waals surface area (Å²) in [4.78, 5) is 24.1. The first-order chi connectivity index (χ1) is 12.6. The smallest absolute Gasteiger partial charge is 0.340 e. The largest absolute Gasteiger partial charge is 0.461 e. The summed E-state index contributed by atoms with van der Waals surface area (Å²) in [5, 5.41) is 2.83. The molecule has 0 bridgehead atoms. The standard InChI is InChI=1S/C21H23NO4/c1-14-7-6-10-18-17(14)11-12-25-20(18)21(24)26-13-19(22-15(2)23)16-8-4-3-5-9-16/h3-10,19-20H,11-13H2,1-2H3,(H,22,23). The highest BCUT2D eigenvalue weighted by Crippen LogP contribution is 2.30. The third-order valence-corrected chi connectivity index (χ3v) is 4.55. The van der Waals surface area contributed by atoms with Gasteiger partial charge in [0.2, 0.25) is 5.91 Å². The molecule has 1 N–H and O–H groups in total. The van der Waals surface area contributed by atoms with E-state index in [1.807, 2.05) is 55.5 Å². The van der Waals surface area contributed by atoms with E-state index < -0.39 is 18.1 Å². The second-order valence-electron chi connectivity index (χ2n) is 6.44. The molecule has 2 aromatic carbocycles. The normalized spacial score (nSPS) is 17.1. The van der Waals surface area contributed by atoms with Gasteiger partial charge in [-0.2, -0.15) is 0 Å². The summed E-state index contributed by atoms with van der Waals surface area (Å²) >= 11 is 0. The average molecular weight is 353 g/mol. The summed E-state index contributed by atoms with van der Waals surface area (Å²) in [7, 11) is 0. The van der Waals surface area contributed by atoms with Gasteiger partial charge in [-0.3, -0.25) is 4.79 Å². The van der Waals surface area contributed by atoms with Crippen molar-refractivity contribution >= 4 is 11.9 Å². The Hall–Kier alpha value is -2.66. The summed E-state index contributed by atoms with van der Waals surface area (Å²) in [5.41, 5.74) is 4.07. The molecule has 1 aliphatic heterocycles. The molecule has 136 valence electrons. The number of nitrogens with one attached hydrogen (secondary N) is 1. The molecule has 5 nitrogen and oxygen atoms in total. The van der Waals surface area contributed by atoms with Crippen molar-refractivity contribution in [3.63, 3.8) is 0 Å². The Bertz CT molecular complexity index is 788. The molecule has 3 rings (SSSR count). The molecule has 2 unspecified atom stereocenters. The number of ether oxygens (including phenoxy) is 2. The lowest BCUT2D eigenvalue weighted by molar-refractivity contribution is -0.159. The molecular formula is C21H23NO4. The lowest BCUT2D eigenvalue weighted by Crippen LogP contribution is -2.32. The maximum absolute atomic E-state index is 12.6. The van der Waals surface area contributed by atoms with Gasteiger partial charge in [-0.25, -0.2) is 4.79 Å². The first-order valence-corrected chi connectivity index (χ1v) is 8.75. The molecule has 2 aromatic rings. The van der Waals surface area contributed by atoms with Gasteiger partial charge in [0.25, 0.3) is 0 Å². The number of benzene rings is 2. The number of aryl methyl sites for hydroxylation is 1. The van der Waals surface area contributed by atoms with E-state index in [9.17, 15) is 9.59 Å². The summed E-state index contributed by atoms with van der Waals surface area (Å²) in [6, 6.07) is 14.9. The molecular weight excluding hydrogens is 330 g/mol. The van der Waals surface area contributed by atoms with Crippen LogP contribution in [0.15, 0.2) is 48.5 Å². The molecule has 1 aliphatic rings. The van der Waals surface area contributed by atoms with E-state index in [0.29, 0.717) is 6.61 Å². The number of carbonyl (C=O) groups excluding carboxylic acids is 2. The molecule has 0 radical (unpaired) electrons. The van der Waals surface area contributed by atoms with Gasteiger partial charge in [0.05, 0.1) is 12.6 Å². The van der Waals surface area contributed by atoms with Crippen molar-refractivity contribution in [3.05, 3.63) is 70.8 Å². The van der Waals surface area contributed by atoms with Crippen LogP contribution in [0, 0.1) is 6.92 Å². The van der Waals surface area contributed by atoms with Crippen LogP contribution in [0.2, 0.25) is 0 Å². The molecule has 2 atom stereocenters. The lowest BCUT2D eigenvalue weighted by Gasteiger charge is -2.27. The van der Waals surface area contributed by atoms with E-state index in [0.717, 1.165) is 28.7 Å². The molecule has 26 heavy (non-hydrogen) atoms. The summed E-state index contributed by atoms with van der Waals surface area (Å²) in [5.74, 6) is -0.604. The van der Waals surface area contributed by atoms with Gasteiger partial charge in [0.15, 0.2) is 6.10 Å². The van der Waals surface area contributed by atoms with Gasteiger partial charge in [0, 0.05) is 6.92 Å². The van der Waals surface area contributed by atoms with E-state index in [1.165, 1.54) is 6.92 Å². The predicted octanol–water partition coefficient (Wildman–Crippen LogP) is 3.03. The number of hydrogen-bond acceptors (Lipinski definition) is 4. The van der Waals surface area contributed by atoms with Crippen molar-refractivity contribution < 1.29 is 19.1 Å². The molecule has 0 saturated carbocycles. The molecule has 0 fully saturated rings. The number of esters is 1. The van der Waals surface area contributed by atoms with Crippen molar-refractivity contribution in [2.24, 2.45) is 0 Å². The zero-order valence-corrected chi connectivity index (χ0v) is 15.0. The zero-order chi connectivity index (χ0) is 18.5. The molecule has 1 amide bonds. The van der Waals surface area contributed by atoms with Crippen LogP contribution in [-0.2, 0) is 25.5 Å². The Labute approximate surface area is 153 Å². The molecule has 0 spiro atoms. The molecule has 0 aromatic heterocycles. The van der Waals surface area contributed by atoms with Crippen LogP contribution in [0.1, 0.15) is 41.3 Å². The molecule has 5 heteroatoms. The van der Waals surface area contributed by atoms with Crippen LogP contribution in [-0.4, -0.2) is 25.1 Å². The zero-order valence-electron chi connectivity index (χ0n) is 15.0. The predicted molar refractivity (Wildman–Crippen MR) is 97.5 cm³/mol. The fourth-order valence-electron chi connectivity index (χ4n) is 3.27. The summed E-state index contributed by atoms with van der Waals surface area (Å²) < 4.78 is 11.2. The Morgan fingerprint density at radius 2 is 1.96 bits per heavy atom. The van der Waals surface area contributed by atoms with Gasteiger partial charge in [-0.05, 0) is 35.6 Å². The Kier molecular flexibility index (Phi) is 5.68. The van der Waals surface area contributed by atoms with Crippen molar-refractivity contribution in [1.29, 1.82) is 0 Å². The minimum absolute atomic E-state index is 0.0590.